The first-order valence-corrected chi connectivity index (χ1v) is 5.75. The maximum atomic E-state index is 12.3. The fourth-order valence-electron chi connectivity index (χ4n) is 1.73. The second-order valence-corrected chi connectivity index (χ2v) is 3.77. The molecule has 19 heavy (non-hydrogen) atoms. The lowest BCUT2D eigenvalue weighted by Gasteiger charge is -2.09. The summed E-state index contributed by atoms with van der Waals surface area (Å²) in [7, 11) is 3.03. The minimum Gasteiger partial charge on any atom is -0.496 e. The summed E-state index contributed by atoms with van der Waals surface area (Å²) >= 11 is 0. The number of ether oxygens (including phenoxy) is 2. The Morgan fingerprint density at radius 2 is 1.74 bits per heavy atom. The third kappa shape index (κ3) is 2.82. The SMILES string of the molecule is COc1cccc(OC)c1C(=O)Nc1cccc[nH+]1. The highest BCUT2D eigenvalue weighted by Crippen LogP contribution is 2.28. The Bertz CT molecular complexity index is 548. The van der Waals surface area contributed by atoms with Gasteiger partial charge in [0.05, 0.1) is 20.4 Å². The molecule has 1 heterocycles. The van der Waals surface area contributed by atoms with Crippen LogP contribution in [0.4, 0.5) is 5.82 Å². The molecule has 0 aliphatic heterocycles. The van der Waals surface area contributed by atoms with E-state index < -0.39 is 0 Å². The number of carbonyl (C=O) groups excluding carboxylic acids is 1. The summed E-state index contributed by atoms with van der Waals surface area (Å²) in [6.07, 6.45) is 1.73. The van der Waals surface area contributed by atoms with E-state index in [4.69, 9.17) is 9.47 Å². The van der Waals surface area contributed by atoms with Gasteiger partial charge in [-0.05, 0) is 18.2 Å². The molecule has 0 saturated heterocycles. The first kappa shape index (κ1) is 12.9. The number of rotatable bonds is 4. The van der Waals surface area contributed by atoms with E-state index in [1.165, 1.54) is 14.2 Å². The van der Waals surface area contributed by atoms with Gasteiger partial charge >= 0.3 is 5.91 Å². The van der Waals surface area contributed by atoms with E-state index in [0.29, 0.717) is 22.9 Å². The number of benzene rings is 1. The summed E-state index contributed by atoms with van der Waals surface area (Å²) in [5.41, 5.74) is 0.366. The van der Waals surface area contributed by atoms with Crippen LogP contribution in [0.1, 0.15) is 10.4 Å². The van der Waals surface area contributed by atoms with E-state index in [1.807, 2.05) is 12.1 Å². The van der Waals surface area contributed by atoms with Crippen LogP contribution in [0.15, 0.2) is 42.6 Å². The number of carbonyl (C=O) groups is 1. The van der Waals surface area contributed by atoms with Crippen molar-refractivity contribution in [1.29, 1.82) is 0 Å². The first-order valence-electron chi connectivity index (χ1n) is 5.75. The first-order chi connectivity index (χ1) is 9.26. The molecule has 0 atom stereocenters. The molecule has 5 nitrogen and oxygen atoms in total. The Hall–Kier alpha value is -2.56. The standard InChI is InChI=1S/C14H14N2O3/c1-18-10-6-5-7-11(19-2)13(10)14(17)16-12-8-3-4-9-15-12/h3-9H,1-2H3,(H,15,16,17)/p+1. The van der Waals surface area contributed by atoms with Crippen LogP contribution in [0.2, 0.25) is 0 Å². The van der Waals surface area contributed by atoms with Crippen LogP contribution in [-0.4, -0.2) is 20.1 Å². The molecule has 5 heteroatoms. The van der Waals surface area contributed by atoms with Gasteiger partial charge in [0.1, 0.15) is 17.1 Å². The molecule has 2 N–H and O–H groups in total. The van der Waals surface area contributed by atoms with Crippen LogP contribution in [0, 0.1) is 0 Å². The molecule has 0 bridgehead atoms. The van der Waals surface area contributed by atoms with Crippen LogP contribution >= 0.6 is 0 Å². The zero-order valence-corrected chi connectivity index (χ0v) is 10.8. The number of pyridine rings is 1. The van der Waals surface area contributed by atoms with Crippen LogP contribution in [0.25, 0.3) is 0 Å². The molecule has 0 unspecified atom stereocenters. The summed E-state index contributed by atoms with van der Waals surface area (Å²) in [6.45, 7) is 0. The quantitative estimate of drug-likeness (QED) is 0.910. The second-order valence-electron chi connectivity index (χ2n) is 3.77. The lowest BCUT2D eigenvalue weighted by Crippen LogP contribution is -2.20. The third-order valence-corrected chi connectivity index (χ3v) is 2.61. The maximum Gasteiger partial charge on any atom is 0.346 e. The highest BCUT2D eigenvalue weighted by Gasteiger charge is 2.22. The summed E-state index contributed by atoms with van der Waals surface area (Å²) in [5.74, 6) is 1.23. The zero-order chi connectivity index (χ0) is 13.7. The normalized spacial score (nSPS) is 9.79. The number of amides is 1. The predicted molar refractivity (Wildman–Crippen MR) is 70.5 cm³/mol. The van der Waals surface area contributed by atoms with Crippen molar-refractivity contribution in [3.8, 4) is 11.5 Å². The molecular weight excluding hydrogens is 244 g/mol. The Balaban J connectivity index is 2.33. The van der Waals surface area contributed by atoms with Crippen LogP contribution in [0.3, 0.4) is 0 Å². The minimum atomic E-state index is -0.295. The van der Waals surface area contributed by atoms with Gasteiger partial charge < -0.3 is 9.47 Å². The van der Waals surface area contributed by atoms with Crippen molar-refractivity contribution in [2.45, 2.75) is 0 Å². The molecule has 0 aliphatic carbocycles. The van der Waals surface area contributed by atoms with Crippen LogP contribution < -0.4 is 19.8 Å². The van der Waals surface area contributed by atoms with Crippen LogP contribution in [0.5, 0.6) is 11.5 Å². The van der Waals surface area contributed by atoms with Crippen molar-refractivity contribution in [3.63, 3.8) is 0 Å². The lowest BCUT2D eigenvalue weighted by molar-refractivity contribution is -0.360. The monoisotopic (exact) mass is 259 g/mol. The summed E-state index contributed by atoms with van der Waals surface area (Å²) in [4.78, 5) is 15.2. The van der Waals surface area contributed by atoms with E-state index in [1.54, 1.807) is 30.5 Å². The molecule has 0 spiro atoms. The molecule has 0 radical (unpaired) electrons. The van der Waals surface area contributed by atoms with E-state index >= 15 is 0 Å². The van der Waals surface area contributed by atoms with Crippen molar-refractivity contribution in [1.82, 2.24) is 0 Å². The van der Waals surface area contributed by atoms with Gasteiger partial charge in [-0.3, -0.25) is 0 Å². The number of aromatic amines is 1. The average molecular weight is 259 g/mol. The minimum absolute atomic E-state index is 0.295. The fourth-order valence-corrected chi connectivity index (χ4v) is 1.73. The van der Waals surface area contributed by atoms with Gasteiger partial charge in [0.2, 0.25) is 0 Å². The molecule has 0 aliphatic rings. The van der Waals surface area contributed by atoms with E-state index in [9.17, 15) is 4.79 Å². The molecule has 1 aromatic carbocycles. The largest absolute Gasteiger partial charge is 0.496 e. The third-order valence-electron chi connectivity index (χ3n) is 2.61. The molecular formula is C14H15N2O3+. The maximum absolute atomic E-state index is 12.3. The van der Waals surface area contributed by atoms with Gasteiger partial charge in [-0.25, -0.2) is 15.1 Å². The highest BCUT2D eigenvalue weighted by atomic mass is 16.5. The molecule has 0 saturated carbocycles. The van der Waals surface area contributed by atoms with Gasteiger partial charge in [-0.15, -0.1) is 0 Å². The Morgan fingerprint density at radius 1 is 1.05 bits per heavy atom. The average Bonchev–Trinajstić information content (AvgIpc) is 2.47. The fraction of sp³-hybridized carbons (Fsp3) is 0.143. The number of anilines is 1. The number of H-pyrrole nitrogens is 1. The van der Waals surface area contributed by atoms with Gasteiger partial charge in [0, 0.05) is 6.07 Å². The predicted octanol–water partition coefficient (Wildman–Crippen LogP) is 1.77. The molecule has 1 amide bonds. The van der Waals surface area contributed by atoms with Crippen molar-refractivity contribution in [3.05, 3.63) is 48.2 Å². The lowest BCUT2D eigenvalue weighted by atomic mass is 10.1. The number of nitrogens with one attached hydrogen (secondary N) is 2. The summed E-state index contributed by atoms with van der Waals surface area (Å²) in [6, 6.07) is 10.6. The van der Waals surface area contributed by atoms with Gasteiger partial charge in [0.25, 0.3) is 5.82 Å². The van der Waals surface area contributed by atoms with E-state index in [2.05, 4.69) is 10.3 Å². The Kier molecular flexibility index (Phi) is 3.97. The number of hydrogen-bond acceptors (Lipinski definition) is 3. The molecule has 0 fully saturated rings. The molecule has 98 valence electrons. The van der Waals surface area contributed by atoms with Crippen LogP contribution in [-0.2, 0) is 0 Å². The molecule has 1 aromatic heterocycles. The smallest absolute Gasteiger partial charge is 0.346 e. The number of hydrogen-bond donors (Lipinski definition) is 1. The van der Waals surface area contributed by atoms with Gasteiger partial charge in [-0.2, -0.15) is 0 Å². The topological polar surface area (TPSA) is 61.7 Å². The van der Waals surface area contributed by atoms with Gasteiger partial charge in [0.15, 0.2) is 0 Å². The summed E-state index contributed by atoms with van der Waals surface area (Å²) in [5, 5.41) is 2.75. The van der Waals surface area contributed by atoms with E-state index in [0.717, 1.165) is 0 Å². The Morgan fingerprint density at radius 3 is 2.26 bits per heavy atom. The Labute approximate surface area is 111 Å². The molecule has 2 rings (SSSR count). The highest BCUT2D eigenvalue weighted by molar-refractivity contribution is 6.07. The zero-order valence-electron chi connectivity index (χ0n) is 10.8. The van der Waals surface area contributed by atoms with Crippen molar-refractivity contribution < 1.29 is 19.3 Å². The van der Waals surface area contributed by atoms with Crippen molar-refractivity contribution in [2.24, 2.45) is 0 Å². The number of methoxy groups -OCH3 is 2. The van der Waals surface area contributed by atoms with E-state index in [-0.39, 0.29) is 5.91 Å². The van der Waals surface area contributed by atoms with Gasteiger partial charge in [-0.1, -0.05) is 12.1 Å². The van der Waals surface area contributed by atoms with Crippen molar-refractivity contribution in [2.75, 3.05) is 19.5 Å². The second kappa shape index (κ2) is 5.86. The summed E-state index contributed by atoms with van der Waals surface area (Å²) < 4.78 is 10.4. The van der Waals surface area contributed by atoms with Crippen molar-refractivity contribution >= 4 is 11.7 Å². The molecule has 2 aromatic rings. The number of aromatic nitrogens is 1.